The van der Waals surface area contributed by atoms with E-state index in [0.717, 1.165) is 30.8 Å². The van der Waals surface area contributed by atoms with E-state index < -0.39 is 0 Å². The van der Waals surface area contributed by atoms with Gasteiger partial charge in [0.25, 0.3) is 0 Å². The Morgan fingerprint density at radius 1 is 1.23 bits per heavy atom. The van der Waals surface area contributed by atoms with E-state index in [1.165, 1.54) is 12.1 Å². The van der Waals surface area contributed by atoms with Gasteiger partial charge in [0, 0.05) is 6.07 Å². The van der Waals surface area contributed by atoms with E-state index in [-0.39, 0.29) is 18.5 Å². The molecular weight excluding hydrogens is 339 g/mol. The molecule has 0 N–H and O–H groups in total. The molecule has 0 aliphatic carbocycles. The molecular formula is C18H19FN4O3. The van der Waals surface area contributed by atoms with Crippen LogP contribution in [-0.4, -0.2) is 26.7 Å². The number of aryl methyl sites for hydroxylation is 1. The fourth-order valence-corrected chi connectivity index (χ4v) is 3.14. The zero-order valence-electron chi connectivity index (χ0n) is 14.4. The third-order valence-electron chi connectivity index (χ3n) is 4.37. The lowest BCUT2D eigenvalue weighted by atomic mass is 10.1. The molecule has 26 heavy (non-hydrogen) atoms. The van der Waals surface area contributed by atoms with Crippen LogP contribution in [0.5, 0.6) is 5.75 Å². The first kappa shape index (κ1) is 16.7. The molecule has 3 aromatic rings. The molecule has 0 spiro atoms. The lowest BCUT2D eigenvalue weighted by Gasteiger charge is -2.19. The molecule has 1 fully saturated rings. The van der Waals surface area contributed by atoms with Gasteiger partial charge in [-0.25, -0.2) is 4.39 Å². The Morgan fingerprint density at radius 2 is 2.08 bits per heavy atom. The van der Waals surface area contributed by atoms with Crippen molar-refractivity contribution in [3.63, 3.8) is 0 Å². The lowest BCUT2D eigenvalue weighted by molar-refractivity contribution is 0.183. The fourth-order valence-electron chi connectivity index (χ4n) is 3.14. The van der Waals surface area contributed by atoms with Crippen molar-refractivity contribution in [1.29, 1.82) is 0 Å². The number of hydrogen-bond acceptors (Lipinski definition) is 7. The standard InChI is InChI=1S/C18H19FN4O3/c1-12-9-16(25-21-12)15-3-2-8-23(15)10-18-20-17(22-26-18)11-24-14-6-4-13(19)5-7-14/h4-7,9,15H,2-3,8,10-11H2,1H3/t15-/m1/s1. The van der Waals surface area contributed by atoms with Crippen LogP contribution in [0.4, 0.5) is 4.39 Å². The third-order valence-corrected chi connectivity index (χ3v) is 4.37. The Labute approximate surface area is 149 Å². The third kappa shape index (κ3) is 3.75. The first-order valence-corrected chi connectivity index (χ1v) is 8.54. The molecule has 1 atom stereocenters. The Hall–Kier alpha value is -2.74. The van der Waals surface area contributed by atoms with Crippen LogP contribution in [0.15, 0.2) is 39.4 Å². The van der Waals surface area contributed by atoms with Gasteiger partial charge >= 0.3 is 0 Å². The molecule has 1 aliphatic rings. The van der Waals surface area contributed by atoms with Crippen molar-refractivity contribution < 1.29 is 18.2 Å². The van der Waals surface area contributed by atoms with Crippen LogP contribution >= 0.6 is 0 Å². The summed E-state index contributed by atoms with van der Waals surface area (Å²) in [7, 11) is 0. The monoisotopic (exact) mass is 358 g/mol. The fraction of sp³-hybridized carbons (Fsp3) is 0.389. The topological polar surface area (TPSA) is 77.4 Å². The van der Waals surface area contributed by atoms with Crippen LogP contribution < -0.4 is 4.74 Å². The van der Waals surface area contributed by atoms with Crippen LogP contribution in [0.1, 0.15) is 42.1 Å². The van der Waals surface area contributed by atoms with E-state index in [9.17, 15) is 4.39 Å². The Bertz CT molecular complexity index is 861. The summed E-state index contributed by atoms with van der Waals surface area (Å²) in [5.74, 6) is 2.11. The second-order valence-corrected chi connectivity index (χ2v) is 6.35. The van der Waals surface area contributed by atoms with Crippen LogP contribution in [0.2, 0.25) is 0 Å². The molecule has 0 saturated carbocycles. The summed E-state index contributed by atoms with van der Waals surface area (Å²) in [5, 5.41) is 7.92. The number of nitrogens with zero attached hydrogens (tertiary/aromatic N) is 4. The van der Waals surface area contributed by atoms with Crippen molar-refractivity contribution in [2.45, 2.75) is 39.0 Å². The molecule has 1 aromatic carbocycles. The van der Waals surface area contributed by atoms with E-state index in [1.54, 1.807) is 12.1 Å². The summed E-state index contributed by atoms with van der Waals surface area (Å²) in [6, 6.07) is 7.96. The quantitative estimate of drug-likeness (QED) is 0.668. The largest absolute Gasteiger partial charge is 0.485 e. The molecule has 0 bridgehead atoms. The van der Waals surface area contributed by atoms with Gasteiger partial charge in [-0.2, -0.15) is 4.98 Å². The van der Waals surface area contributed by atoms with Crippen LogP contribution in [0.25, 0.3) is 0 Å². The van der Waals surface area contributed by atoms with Gasteiger partial charge in [-0.15, -0.1) is 0 Å². The van der Waals surface area contributed by atoms with Gasteiger partial charge in [-0.1, -0.05) is 10.3 Å². The minimum atomic E-state index is -0.304. The van der Waals surface area contributed by atoms with Gasteiger partial charge in [0.2, 0.25) is 11.7 Å². The highest BCUT2D eigenvalue weighted by molar-refractivity contribution is 5.22. The molecule has 136 valence electrons. The van der Waals surface area contributed by atoms with E-state index >= 15 is 0 Å². The maximum Gasteiger partial charge on any atom is 0.240 e. The van der Waals surface area contributed by atoms with Gasteiger partial charge in [-0.05, 0) is 50.6 Å². The lowest BCUT2D eigenvalue weighted by Crippen LogP contribution is -2.22. The van der Waals surface area contributed by atoms with Gasteiger partial charge < -0.3 is 13.8 Å². The molecule has 0 radical (unpaired) electrons. The summed E-state index contributed by atoms with van der Waals surface area (Å²) in [6.07, 6.45) is 2.10. The van der Waals surface area contributed by atoms with Crippen molar-refractivity contribution in [3.05, 3.63) is 59.3 Å². The van der Waals surface area contributed by atoms with E-state index in [1.807, 2.05) is 13.0 Å². The highest BCUT2D eigenvalue weighted by Gasteiger charge is 2.30. The van der Waals surface area contributed by atoms with Crippen molar-refractivity contribution in [3.8, 4) is 5.75 Å². The summed E-state index contributed by atoms with van der Waals surface area (Å²) in [6.45, 7) is 3.57. The summed E-state index contributed by atoms with van der Waals surface area (Å²) in [5.41, 5.74) is 0.880. The minimum absolute atomic E-state index is 0.167. The number of benzene rings is 1. The highest BCUT2D eigenvalue weighted by atomic mass is 19.1. The predicted octanol–water partition coefficient (Wildman–Crippen LogP) is 3.42. The van der Waals surface area contributed by atoms with Crippen molar-refractivity contribution in [2.75, 3.05) is 6.54 Å². The maximum atomic E-state index is 12.9. The van der Waals surface area contributed by atoms with Crippen molar-refractivity contribution >= 4 is 0 Å². The smallest absolute Gasteiger partial charge is 0.240 e. The Kier molecular flexibility index (Phi) is 4.66. The van der Waals surface area contributed by atoms with E-state index in [2.05, 4.69) is 20.2 Å². The molecule has 0 unspecified atom stereocenters. The second-order valence-electron chi connectivity index (χ2n) is 6.35. The molecule has 1 saturated heterocycles. The highest BCUT2D eigenvalue weighted by Crippen LogP contribution is 2.33. The molecule has 2 aromatic heterocycles. The number of aromatic nitrogens is 3. The molecule has 7 nitrogen and oxygen atoms in total. The van der Waals surface area contributed by atoms with E-state index in [0.29, 0.717) is 24.0 Å². The van der Waals surface area contributed by atoms with Crippen LogP contribution in [-0.2, 0) is 13.2 Å². The van der Waals surface area contributed by atoms with Crippen molar-refractivity contribution in [1.82, 2.24) is 20.2 Å². The van der Waals surface area contributed by atoms with Crippen molar-refractivity contribution in [2.24, 2.45) is 0 Å². The summed E-state index contributed by atoms with van der Waals surface area (Å²) >= 11 is 0. The number of ether oxygens (including phenoxy) is 1. The van der Waals surface area contributed by atoms with Crippen LogP contribution in [0.3, 0.4) is 0 Å². The Balaban J connectivity index is 1.36. The first-order valence-electron chi connectivity index (χ1n) is 8.54. The average molecular weight is 358 g/mol. The van der Waals surface area contributed by atoms with Gasteiger partial charge in [-0.3, -0.25) is 4.90 Å². The van der Waals surface area contributed by atoms with Gasteiger partial charge in [0.15, 0.2) is 12.4 Å². The zero-order chi connectivity index (χ0) is 17.9. The Morgan fingerprint density at radius 3 is 2.85 bits per heavy atom. The van der Waals surface area contributed by atoms with Crippen LogP contribution in [0, 0.1) is 12.7 Å². The molecule has 4 rings (SSSR count). The number of likely N-dealkylation sites (tertiary alicyclic amines) is 1. The first-order chi connectivity index (χ1) is 12.7. The summed E-state index contributed by atoms with van der Waals surface area (Å²) < 4.78 is 29.2. The normalized spacial score (nSPS) is 17.7. The van der Waals surface area contributed by atoms with Gasteiger partial charge in [0.05, 0.1) is 18.3 Å². The molecule has 3 heterocycles. The minimum Gasteiger partial charge on any atom is -0.485 e. The average Bonchev–Trinajstić information content (AvgIpc) is 3.36. The molecule has 0 amide bonds. The number of hydrogen-bond donors (Lipinski definition) is 0. The second kappa shape index (κ2) is 7.25. The van der Waals surface area contributed by atoms with E-state index in [4.69, 9.17) is 13.8 Å². The predicted molar refractivity (Wildman–Crippen MR) is 88.7 cm³/mol. The zero-order valence-corrected chi connectivity index (χ0v) is 14.4. The number of halogens is 1. The molecule has 8 heteroatoms. The summed E-state index contributed by atoms with van der Waals surface area (Å²) in [4.78, 5) is 6.62. The van der Waals surface area contributed by atoms with Gasteiger partial charge in [0.1, 0.15) is 11.6 Å². The SMILES string of the molecule is Cc1cc([C@H]2CCCN2Cc2nc(COc3ccc(F)cc3)no2)on1. The maximum absolute atomic E-state index is 12.9. The number of rotatable bonds is 6. The molecule has 1 aliphatic heterocycles.